The molecule has 27 heavy (non-hydrogen) atoms. The van der Waals surface area contributed by atoms with Crippen LogP contribution in [0, 0.1) is 0 Å². The Balaban J connectivity index is 2.17. The van der Waals surface area contributed by atoms with Crippen LogP contribution in [-0.2, 0) is 12.1 Å². The Morgan fingerprint density at radius 2 is 1.67 bits per heavy atom. The van der Waals surface area contributed by atoms with E-state index >= 15 is 0 Å². The van der Waals surface area contributed by atoms with Crippen molar-refractivity contribution in [2.45, 2.75) is 26.0 Å². The van der Waals surface area contributed by atoms with E-state index in [4.69, 9.17) is 19.9 Å². The number of nitrogens with one attached hydrogen (secondary N) is 1. The molecule has 4 N–H and O–H groups in total. The van der Waals surface area contributed by atoms with Gasteiger partial charge in [0, 0.05) is 23.4 Å². The number of carbonyl (C=O) groups is 1. The Labute approximate surface area is 159 Å². The molecule has 0 unspecified atom stereocenters. The zero-order valence-electron chi connectivity index (χ0n) is 16.3. The number of methoxy groups -OCH3 is 3. The summed E-state index contributed by atoms with van der Waals surface area (Å²) in [5, 5.41) is 12.9. The Bertz CT molecular complexity index is 803. The second-order valence-corrected chi connectivity index (χ2v) is 6.58. The molecule has 2 aromatic rings. The van der Waals surface area contributed by atoms with Gasteiger partial charge in [0.15, 0.2) is 11.5 Å². The van der Waals surface area contributed by atoms with Crippen molar-refractivity contribution in [2.75, 3.05) is 27.1 Å². The van der Waals surface area contributed by atoms with E-state index in [0.29, 0.717) is 34.1 Å². The Morgan fingerprint density at radius 3 is 2.11 bits per heavy atom. The molecule has 0 bridgehead atoms. The van der Waals surface area contributed by atoms with Gasteiger partial charge in [-0.05, 0) is 43.7 Å². The molecule has 2 aromatic carbocycles. The molecule has 0 heterocycles. The van der Waals surface area contributed by atoms with Crippen LogP contribution in [0.1, 0.15) is 35.3 Å². The number of nitrogens with two attached hydrogens (primary N) is 1. The fourth-order valence-corrected chi connectivity index (χ4v) is 2.78. The molecule has 1 amide bonds. The third-order valence-electron chi connectivity index (χ3n) is 4.15. The van der Waals surface area contributed by atoms with Crippen molar-refractivity contribution >= 4 is 11.6 Å². The Hall–Kier alpha value is -2.93. The summed E-state index contributed by atoms with van der Waals surface area (Å²) in [4.78, 5) is 12.4. The van der Waals surface area contributed by atoms with Gasteiger partial charge in [0.2, 0.25) is 5.75 Å². The normalized spacial score (nSPS) is 11.0. The number of ether oxygens (including phenoxy) is 3. The molecular formula is C20H26N2O5. The van der Waals surface area contributed by atoms with Gasteiger partial charge in [0.1, 0.15) is 0 Å². The molecule has 0 aliphatic heterocycles. The number of hydrogen-bond acceptors (Lipinski definition) is 6. The highest BCUT2D eigenvalue weighted by atomic mass is 16.5. The molecule has 0 aliphatic carbocycles. The first-order valence-corrected chi connectivity index (χ1v) is 8.40. The number of nitrogen functional groups attached to an aromatic ring is 1. The van der Waals surface area contributed by atoms with E-state index in [1.807, 2.05) is 0 Å². The number of carbonyl (C=O) groups excluding carboxylic acids is 1. The van der Waals surface area contributed by atoms with E-state index in [9.17, 15) is 9.90 Å². The highest BCUT2D eigenvalue weighted by Crippen LogP contribution is 2.38. The van der Waals surface area contributed by atoms with E-state index in [2.05, 4.69) is 5.32 Å². The van der Waals surface area contributed by atoms with Gasteiger partial charge in [-0.3, -0.25) is 4.79 Å². The van der Waals surface area contributed by atoms with E-state index in [1.165, 1.54) is 21.3 Å². The lowest BCUT2D eigenvalue weighted by molar-refractivity contribution is 0.0792. The lowest BCUT2D eigenvalue weighted by Gasteiger charge is -2.20. The van der Waals surface area contributed by atoms with E-state index in [1.54, 1.807) is 44.2 Å². The highest BCUT2D eigenvalue weighted by Gasteiger charge is 2.20. The summed E-state index contributed by atoms with van der Waals surface area (Å²) in [5.74, 6) is 1.24. The summed E-state index contributed by atoms with van der Waals surface area (Å²) in [6.45, 7) is 3.55. The zero-order valence-corrected chi connectivity index (χ0v) is 16.3. The largest absolute Gasteiger partial charge is 0.493 e. The molecule has 146 valence electrons. The van der Waals surface area contributed by atoms with Crippen molar-refractivity contribution in [3.05, 3.63) is 47.0 Å². The van der Waals surface area contributed by atoms with Crippen molar-refractivity contribution in [1.82, 2.24) is 5.32 Å². The van der Waals surface area contributed by atoms with Crippen LogP contribution in [0.2, 0.25) is 0 Å². The molecule has 0 radical (unpaired) electrons. The van der Waals surface area contributed by atoms with Gasteiger partial charge < -0.3 is 30.4 Å². The van der Waals surface area contributed by atoms with Crippen LogP contribution in [-0.4, -0.2) is 32.3 Å². The minimum absolute atomic E-state index is 0.267. The lowest BCUT2D eigenvalue weighted by Crippen LogP contribution is -2.24. The van der Waals surface area contributed by atoms with Crippen LogP contribution < -0.4 is 25.3 Å². The first-order valence-electron chi connectivity index (χ1n) is 8.40. The van der Waals surface area contributed by atoms with Crippen LogP contribution >= 0.6 is 0 Å². The fraction of sp³-hybridized carbons (Fsp3) is 0.350. The van der Waals surface area contributed by atoms with Crippen molar-refractivity contribution in [2.24, 2.45) is 0 Å². The third-order valence-corrected chi connectivity index (χ3v) is 4.15. The summed E-state index contributed by atoms with van der Waals surface area (Å²) in [7, 11) is 4.60. The quantitative estimate of drug-likeness (QED) is 0.643. The smallest absolute Gasteiger partial charge is 0.251 e. The molecule has 0 fully saturated rings. The van der Waals surface area contributed by atoms with E-state index < -0.39 is 5.60 Å². The van der Waals surface area contributed by atoms with Gasteiger partial charge in [-0.2, -0.15) is 0 Å². The fourth-order valence-electron chi connectivity index (χ4n) is 2.78. The summed E-state index contributed by atoms with van der Waals surface area (Å²) in [5.41, 5.74) is 7.04. The highest BCUT2D eigenvalue weighted by molar-refractivity contribution is 5.95. The minimum atomic E-state index is -1.07. The van der Waals surface area contributed by atoms with Crippen LogP contribution in [0.5, 0.6) is 17.2 Å². The minimum Gasteiger partial charge on any atom is -0.493 e. The van der Waals surface area contributed by atoms with Gasteiger partial charge in [-0.1, -0.05) is 6.07 Å². The molecule has 0 atom stereocenters. The number of aliphatic hydroxyl groups is 1. The predicted octanol–water partition coefficient (Wildman–Crippen LogP) is 2.45. The second-order valence-electron chi connectivity index (χ2n) is 6.58. The maximum absolute atomic E-state index is 12.4. The Kier molecular flexibility index (Phi) is 6.17. The van der Waals surface area contributed by atoms with Crippen molar-refractivity contribution in [3.63, 3.8) is 0 Å². The predicted molar refractivity (Wildman–Crippen MR) is 103 cm³/mol. The Morgan fingerprint density at radius 1 is 1.07 bits per heavy atom. The lowest BCUT2D eigenvalue weighted by atomic mass is 9.95. The molecule has 0 spiro atoms. The average molecular weight is 374 g/mol. The molecule has 0 aromatic heterocycles. The number of hydrogen-bond donors (Lipinski definition) is 3. The molecule has 7 heteroatoms. The molecule has 7 nitrogen and oxygen atoms in total. The van der Waals surface area contributed by atoms with Gasteiger partial charge in [0.05, 0.1) is 26.9 Å². The summed E-state index contributed by atoms with van der Waals surface area (Å²) in [6.07, 6.45) is 0. The first-order chi connectivity index (χ1) is 12.7. The maximum Gasteiger partial charge on any atom is 0.251 e. The van der Waals surface area contributed by atoms with Gasteiger partial charge >= 0.3 is 0 Å². The summed E-state index contributed by atoms with van der Waals surface area (Å²) >= 11 is 0. The van der Waals surface area contributed by atoms with Crippen LogP contribution in [0.15, 0.2) is 30.3 Å². The van der Waals surface area contributed by atoms with Gasteiger partial charge in [0.25, 0.3) is 5.91 Å². The molecule has 2 rings (SSSR count). The topological polar surface area (TPSA) is 103 Å². The molecule has 0 saturated heterocycles. The van der Waals surface area contributed by atoms with Gasteiger partial charge in [-0.15, -0.1) is 0 Å². The SMILES string of the molecule is COc1cc(CNC(=O)c2ccc(C(C)(C)O)c(N)c2)cc(OC)c1OC. The molecule has 0 saturated carbocycles. The third kappa shape index (κ3) is 4.62. The summed E-state index contributed by atoms with van der Waals surface area (Å²) in [6, 6.07) is 8.39. The number of amides is 1. The monoisotopic (exact) mass is 374 g/mol. The van der Waals surface area contributed by atoms with Crippen LogP contribution in [0.4, 0.5) is 5.69 Å². The zero-order chi connectivity index (χ0) is 20.2. The molecular weight excluding hydrogens is 348 g/mol. The van der Waals surface area contributed by atoms with E-state index in [-0.39, 0.29) is 12.5 Å². The maximum atomic E-state index is 12.4. The van der Waals surface area contributed by atoms with Crippen molar-refractivity contribution < 1.29 is 24.1 Å². The first kappa shape index (κ1) is 20.4. The number of anilines is 1. The summed E-state index contributed by atoms with van der Waals surface area (Å²) < 4.78 is 15.9. The van der Waals surface area contributed by atoms with Crippen LogP contribution in [0.3, 0.4) is 0 Å². The van der Waals surface area contributed by atoms with E-state index in [0.717, 1.165) is 5.56 Å². The second kappa shape index (κ2) is 8.18. The molecule has 0 aliphatic rings. The van der Waals surface area contributed by atoms with Crippen molar-refractivity contribution in [1.29, 1.82) is 0 Å². The van der Waals surface area contributed by atoms with Crippen molar-refractivity contribution in [3.8, 4) is 17.2 Å². The number of rotatable bonds is 7. The number of benzene rings is 2. The van der Waals surface area contributed by atoms with Gasteiger partial charge in [-0.25, -0.2) is 0 Å². The van der Waals surface area contributed by atoms with Crippen LogP contribution in [0.25, 0.3) is 0 Å². The standard InChI is InChI=1S/C20H26N2O5/c1-20(2,24)14-7-6-13(10-15(14)21)19(23)22-11-12-8-16(25-3)18(27-5)17(9-12)26-4/h6-10,24H,11,21H2,1-5H3,(H,22,23). The average Bonchev–Trinajstić information content (AvgIpc) is 2.63.